The van der Waals surface area contributed by atoms with Gasteiger partial charge in [0.2, 0.25) is 0 Å². The molecule has 0 aliphatic carbocycles. The molecule has 0 amide bonds. The number of hydrogen-bond donors (Lipinski definition) is 0. The van der Waals surface area contributed by atoms with Gasteiger partial charge in [-0.1, -0.05) is 0 Å². The van der Waals surface area contributed by atoms with Gasteiger partial charge in [-0.15, -0.1) is 11.3 Å². The predicted octanol–water partition coefficient (Wildman–Crippen LogP) is 2.05. The van der Waals surface area contributed by atoms with Crippen LogP contribution in [0.15, 0.2) is 17.8 Å². The first-order chi connectivity index (χ1) is 6.25. The Labute approximate surface area is 78.3 Å². The minimum atomic E-state index is -0.712. The lowest BCUT2D eigenvalue weighted by Crippen LogP contribution is -1.88. The number of thiazole rings is 1. The van der Waals surface area contributed by atoms with E-state index in [-0.39, 0.29) is 0 Å². The Bertz CT molecular complexity index is 410. The van der Waals surface area contributed by atoms with Crippen LogP contribution < -0.4 is 0 Å². The first-order valence-electron chi connectivity index (χ1n) is 3.66. The normalized spacial score (nSPS) is 10.3. The van der Waals surface area contributed by atoms with Crippen LogP contribution in [0.5, 0.6) is 0 Å². The summed E-state index contributed by atoms with van der Waals surface area (Å²) in [6.45, 7) is 1.92. The highest BCUT2D eigenvalue weighted by molar-refractivity contribution is 7.09. The monoisotopic (exact) mass is 195 g/mol. The van der Waals surface area contributed by atoms with Gasteiger partial charge in [0.25, 0.3) is 0 Å². The summed E-state index contributed by atoms with van der Waals surface area (Å²) >= 11 is 1.54. The summed E-state index contributed by atoms with van der Waals surface area (Å²) in [5.41, 5.74) is 1.54. The first-order valence-corrected chi connectivity index (χ1v) is 4.54. The molecule has 0 aliphatic rings. The molecule has 0 fully saturated rings. The molecule has 3 nitrogen and oxygen atoms in total. The summed E-state index contributed by atoms with van der Waals surface area (Å²) in [5.74, 6) is 0. The van der Waals surface area contributed by atoms with Crippen molar-refractivity contribution < 1.29 is 4.39 Å². The van der Waals surface area contributed by atoms with Gasteiger partial charge in [0, 0.05) is 23.3 Å². The van der Waals surface area contributed by atoms with Crippen LogP contribution in [0, 0.1) is 13.0 Å². The standard InChI is InChI=1S/C8H6FN3S/c1-5-12-7(4-13-5)6-2-10-8(9)11-3-6/h2-4H,1H3. The summed E-state index contributed by atoms with van der Waals surface area (Å²) in [5, 5.41) is 2.87. The summed E-state index contributed by atoms with van der Waals surface area (Å²) in [6.07, 6.45) is 2.14. The van der Waals surface area contributed by atoms with Gasteiger partial charge in [0.1, 0.15) is 0 Å². The lowest BCUT2D eigenvalue weighted by Gasteiger charge is -1.92. The van der Waals surface area contributed by atoms with E-state index < -0.39 is 6.08 Å². The highest BCUT2D eigenvalue weighted by Gasteiger charge is 2.02. The number of aromatic nitrogens is 3. The Morgan fingerprint density at radius 1 is 1.31 bits per heavy atom. The molecule has 0 saturated heterocycles. The van der Waals surface area contributed by atoms with Gasteiger partial charge in [0.15, 0.2) is 0 Å². The van der Waals surface area contributed by atoms with E-state index >= 15 is 0 Å². The third kappa shape index (κ3) is 1.70. The van der Waals surface area contributed by atoms with Crippen molar-refractivity contribution in [3.05, 3.63) is 28.9 Å². The molecule has 2 rings (SSSR count). The molecule has 0 aromatic carbocycles. The first kappa shape index (κ1) is 8.25. The van der Waals surface area contributed by atoms with Crippen molar-refractivity contribution in [3.63, 3.8) is 0 Å². The van der Waals surface area contributed by atoms with E-state index in [0.717, 1.165) is 16.3 Å². The maximum atomic E-state index is 12.4. The molecule has 0 atom stereocenters. The van der Waals surface area contributed by atoms with Crippen molar-refractivity contribution in [2.24, 2.45) is 0 Å². The van der Waals surface area contributed by atoms with E-state index in [0.29, 0.717) is 0 Å². The van der Waals surface area contributed by atoms with E-state index in [1.807, 2.05) is 12.3 Å². The second-order valence-electron chi connectivity index (χ2n) is 2.49. The van der Waals surface area contributed by atoms with Crippen molar-refractivity contribution in [2.45, 2.75) is 6.92 Å². The largest absolute Gasteiger partial charge is 0.308 e. The second-order valence-corrected chi connectivity index (χ2v) is 3.55. The number of rotatable bonds is 1. The molecular weight excluding hydrogens is 189 g/mol. The van der Waals surface area contributed by atoms with Gasteiger partial charge in [-0.25, -0.2) is 15.0 Å². The zero-order chi connectivity index (χ0) is 9.26. The van der Waals surface area contributed by atoms with Crippen molar-refractivity contribution in [1.82, 2.24) is 15.0 Å². The van der Waals surface area contributed by atoms with Gasteiger partial charge in [-0.3, -0.25) is 0 Å². The molecule has 0 unspecified atom stereocenters. The van der Waals surface area contributed by atoms with Crippen molar-refractivity contribution in [1.29, 1.82) is 0 Å². The van der Waals surface area contributed by atoms with E-state index in [2.05, 4.69) is 15.0 Å². The Kier molecular flexibility index (Phi) is 2.02. The third-order valence-corrected chi connectivity index (χ3v) is 2.31. The number of aryl methyl sites for hydroxylation is 1. The van der Waals surface area contributed by atoms with E-state index in [1.165, 1.54) is 12.4 Å². The summed E-state index contributed by atoms with van der Waals surface area (Å²) < 4.78 is 12.4. The quantitative estimate of drug-likeness (QED) is 0.653. The third-order valence-electron chi connectivity index (χ3n) is 1.54. The fraction of sp³-hybridized carbons (Fsp3) is 0.125. The Morgan fingerprint density at radius 2 is 2.00 bits per heavy atom. The van der Waals surface area contributed by atoms with Crippen LogP contribution in [0.25, 0.3) is 11.3 Å². The van der Waals surface area contributed by atoms with Crippen LogP contribution in [0.1, 0.15) is 5.01 Å². The predicted molar refractivity (Wildman–Crippen MR) is 47.8 cm³/mol. The Hall–Kier alpha value is -1.36. The lowest BCUT2D eigenvalue weighted by molar-refractivity contribution is 0.539. The van der Waals surface area contributed by atoms with Crippen LogP contribution in [-0.2, 0) is 0 Å². The highest BCUT2D eigenvalue weighted by atomic mass is 32.1. The minimum Gasteiger partial charge on any atom is -0.241 e. The van der Waals surface area contributed by atoms with Crippen LogP contribution in [0.3, 0.4) is 0 Å². The smallest absolute Gasteiger partial charge is 0.241 e. The van der Waals surface area contributed by atoms with Crippen LogP contribution in [0.4, 0.5) is 4.39 Å². The molecule has 66 valence electrons. The van der Waals surface area contributed by atoms with Gasteiger partial charge >= 0.3 is 6.08 Å². The van der Waals surface area contributed by atoms with Crippen LogP contribution in [0.2, 0.25) is 0 Å². The summed E-state index contributed by atoms with van der Waals surface area (Å²) in [6, 6.07) is 0. The number of nitrogens with zero attached hydrogens (tertiary/aromatic N) is 3. The van der Waals surface area contributed by atoms with Crippen molar-refractivity contribution in [2.75, 3.05) is 0 Å². The van der Waals surface area contributed by atoms with E-state index in [4.69, 9.17) is 0 Å². The Morgan fingerprint density at radius 3 is 2.54 bits per heavy atom. The second kappa shape index (κ2) is 3.18. The molecule has 0 bridgehead atoms. The molecular formula is C8H6FN3S. The molecule has 0 aliphatic heterocycles. The fourth-order valence-corrected chi connectivity index (χ4v) is 1.56. The molecule has 0 spiro atoms. The molecule has 2 aromatic heterocycles. The average Bonchev–Trinajstić information content (AvgIpc) is 2.53. The molecule has 2 aromatic rings. The van der Waals surface area contributed by atoms with Gasteiger partial charge in [-0.05, 0) is 6.92 Å². The molecule has 5 heteroatoms. The van der Waals surface area contributed by atoms with E-state index in [1.54, 1.807) is 11.3 Å². The topological polar surface area (TPSA) is 38.7 Å². The maximum absolute atomic E-state index is 12.4. The average molecular weight is 195 g/mol. The van der Waals surface area contributed by atoms with Crippen molar-refractivity contribution in [3.8, 4) is 11.3 Å². The zero-order valence-corrected chi connectivity index (χ0v) is 7.68. The SMILES string of the molecule is Cc1nc(-c2cnc(F)nc2)cs1. The van der Waals surface area contributed by atoms with Crippen LogP contribution in [-0.4, -0.2) is 15.0 Å². The molecule has 0 saturated carbocycles. The van der Waals surface area contributed by atoms with Crippen molar-refractivity contribution >= 4 is 11.3 Å². The lowest BCUT2D eigenvalue weighted by atomic mass is 10.3. The van der Waals surface area contributed by atoms with Gasteiger partial charge in [-0.2, -0.15) is 4.39 Å². The Balaban J connectivity index is 2.41. The fourth-order valence-electron chi connectivity index (χ4n) is 0.941. The zero-order valence-electron chi connectivity index (χ0n) is 6.86. The summed E-state index contributed by atoms with van der Waals surface area (Å²) in [7, 11) is 0. The molecule has 13 heavy (non-hydrogen) atoms. The molecule has 2 heterocycles. The molecule has 0 radical (unpaired) electrons. The van der Waals surface area contributed by atoms with Gasteiger partial charge < -0.3 is 0 Å². The maximum Gasteiger partial charge on any atom is 0.308 e. The van der Waals surface area contributed by atoms with Gasteiger partial charge in [0.05, 0.1) is 10.7 Å². The van der Waals surface area contributed by atoms with E-state index in [9.17, 15) is 4.39 Å². The molecule has 0 N–H and O–H groups in total. The highest BCUT2D eigenvalue weighted by Crippen LogP contribution is 2.19. The number of hydrogen-bond acceptors (Lipinski definition) is 4. The number of halogens is 1. The van der Waals surface area contributed by atoms with Crippen LogP contribution >= 0.6 is 11.3 Å². The summed E-state index contributed by atoms with van der Waals surface area (Å²) in [4.78, 5) is 11.1. The minimum absolute atomic E-state index is 0.712.